The van der Waals surface area contributed by atoms with Crippen LogP contribution in [0.2, 0.25) is 0 Å². The fourth-order valence-electron chi connectivity index (χ4n) is 1.55. The van der Waals surface area contributed by atoms with E-state index in [1.165, 1.54) is 7.11 Å². The first-order valence-corrected chi connectivity index (χ1v) is 5.56. The van der Waals surface area contributed by atoms with Gasteiger partial charge < -0.3 is 14.6 Å². The van der Waals surface area contributed by atoms with E-state index in [4.69, 9.17) is 4.74 Å². The average molecular weight is 238 g/mol. The number of benzene rings is 1. The zero-order valence-corrected chi connectivity index (χ0v) is 10.2. The Morgan fingerprint density at radius 1 is 1.29 bits per heavy atom. The summed E-state index contributed by atoms with van der Waals surface area (Å²) in [6.45, 7) is 0. The molecule has 0 saturated heterocycles. The van der Waals surface area contributed by atoms with Crippen molar-refractivity contribution in [1.82, 2.24) is 0 Å². The smallest absolute Gasteiger partial charge is 0.334 e. The Bertz CT molecular complexity index is 345. The molecule has 1 atom stereocenters. The molecule has 0 amide bonds. The topological polar surface area (TPSA) is 55.8 Å². The lowest BCUT2D eigenvalue weighted by Crippen LogP contribution is -2.21. The highest BCUT2D eigenvalue weighted by Crippen LogP contribution is 2.13. The molecule has 17 heavy (non-hydrogen) atoms. The van der Waals surface area contributed by atoms with Crippen LogP contribution in [-0.4, -0.2) is 31.4 Å². The molecule has 0 saturated carbocycles. The second kappa shape index (κ2) is 6.91. The summed E-state index contributed by atoms with van der Waals surface area (Å²) < 4.78 is 9.50. The summed E-state index contributed by atoms with van der Waals surface area (Å²) in [5.74, 6) is 0.253. The number of hydrogen-bond acceptors (Lipinski definition) is 4. The average Bonchev–Trinajstić information content (AvgIpc) is 2.38. The Kier molecular flexibility index (Phi) is 5.49. The van der Waals surface area contributed by atoms with Gasteiger partial charge in [-0.25, -0.2) is 4.79 Å². The number of methoxy groups -OCH3 is 2. The molecule has 0 aromatic heterocycles. The van der Waals surface area contributed by atoms with E-state index in [1.807, 2.05) is 24.3 Å². The number of hydrogen-bond donors (Lipinski definition) is 1. The van der Waals surface area contributed by atoms with Crippen LogP contribution in [0.1, 0.15) is 18.4 Å². The van der Waals surface area contributed by atoms with Gasteiger partial charge >= 0.3 is 5.97 Å². The number of carbonyl (C=O) groups excluding carboxylic acids is 1. The molecule has 0 bridgehead atoms. The maximum Gasteiger partial charge on any atom is 0.334 e. The number of carbonyl (C=O) groups is 1. The summed E-state index contributed by atoms with van der Waals surface area (Å²) in [5, 5.41) is 9.38. The van der Waals surface area contributed by atoms with Crippen molar-refractivity contribution in [1.29, 1.82) is 0 Å². The van der Waals surface area contributed by atoms with E-state index >= 15 is 0 Å². The molecule has 1 aromatic carbocycles. The van der Waals surface area contributed by atoms with Crippen LogP contribution in [0.15, 0.2) is 24.3 Å². The van der Waals surface area contributed by atoms with Crippen LogP contribution < -0.4 is 4.74 Å². The Balaban J connectivity index is 2.33. The zero-order chi connectivity index (χ0) is 12.7. The van der Waals surface area contributed by atoms with Gasteiger partial charge in [0, 0.05) is 0 Å². The van der Waals surface area contributed by atoms with Gasteiger partial charge in [0.05, 0.1) is 14.2 Å². The first-order chi connectivity index (χ1) is 8.17. The normalized spacial score (nSPS) is 11.9. The van der Waals surface area contributed by atoms with Gasteiger partial charge in [0.1, 0.15) is 5.75 Å². The largest absolute Gasteiger partial charge is 0.497 e. The van der Waals surface area contributed by atoms with Crippen molar-refractivity contribution in [3.63, 3.8) is 0 Å². The Morgan fingerprint density at radius 3 is 2.47 bits per heavy atom. The molecular weight excluding hydrogens is 220 g/mol. The third-order valence-corrected chi connectivity index (χ3v) is 2.58. The number of esters is 1. The van der Waals surface area contributed by atoms with Gasteiger partial charge in [-0.05, 0) is 37.0 Å². The summed E-state index contributed by atoms with van der Waals surface area (Å²) in [6, 6.07) is 7.74. The van der Waals surface area contributed by atoms with Crippen LogP contribution >= 0.6 is 0 Å². The lowest BCUT2D eigenvalue weighted by atomic mass is 10.1. The minimum Gasteiger partial charge on any atom is -0.497 e. The first kappa shape index (κ1) is 13.5. The van der Waals surface area contributed by atoms with Gasteiger partial charge in [0.2, 0.25) is 0 Å². The van der Waals surface area contributed by atoms with Crippen LogP contribution in [0.3, 0.4) is 0 Å². The molecule has 0 spiro atoms. The number of aliphatic hydroxyl groups is 1. The van der Waals surface area contributed by atoms with Gasteiger partial charge in [-0.1, -0.05) is 12.1 Å². The van der Waals surface area contributed by atoms with Crippen LogP contribution in [0.5, 0.6) is 5.75 Å². The Hall–Kier alpha value is -1.55. The number of aryl methyl sites for hydroxylation is 1. The Morgan fingerprint density at radius 2 is 1.94 bits per heavy atom. The van der Waals surface area contributed by atoms with Gasteiger partial charge in [-0.2, -0.15) is 0 Å². The van der Waals surface area contributed by atoms with Gasteiger partial charge in [0.15, 0.2) is 6.10 Å². The quantitative estimate of drug-likeness (QED) is 0.764. The molecular formula is C13H18O4. The SMILES string of the molecule is COC(=O)[C@@H](O)CCCc1ccc(OC)cc1. The van der Waals surface area contributed by atoms with Crippen molar-refractivity contribution < 1.29 is 19.4 Å². The number of ether oxygens (including phenoxy) is 2. The molecule has 0 aliphatic rings. The van der Waals surface area contributed by atoms with E-state index in [0.717, 1.165) is 24.2 Å². The molecule has 0 heterocycles. The molecule has 4 nitrogen and oxygen atoms in total. The number of aliphatic hydroxyl groups excluding tert-OH is 1. The van der Waals surface area contributed by atoms with Crippen molar-refractivity contribution >= 4 is 5.97 Å². The molecule has 0 radical (unpaired) electrons. The third-order valence-electron chi connectivity index (χ3n) is 2.58. The second-order valence-electron chi connectivity index (χ2n) is 3.78. The molecule has 1 aromatic rings. The highest BCUT2D eigenvalue weighted by atomic mass is 16.5. The maximum atomic E-state index is 10.9. The van der Waals surface area contributed by atoms with Crippen LogP contribution in [0.4, 0.5) is 0 Å². The van der Waals surface area contributed by atoms with Crippen molar-refractivity contribution in [2.75, 3.05) is 14.2 Å². The van der Waals surface area contributed by atoms with Gasteiger partial charge in [0.25, 0.3) is 0 Å². The van der Waals surface area contributed by atoms with Crippen LogP contribution in [0, 0.1) is 0 Å². The van der Waals surface area contributed by atoms with Crippen molar-refractivity contribution in [2.24, 2.45) is 0 Å². The van der Waals surface area contributed by atoms with E-state index in [1.54, 1.807) is 7.11 Å². The highest BCUT2D eigenvalue weighted by molar-refractivity contribution is 5.74. The van der Waals surface area contributed by atoms with E-state index in [2.05, 4.69) is 4.74 Å². The van der Waals surface area contributed by atoms with Crippen molar-refractivity contribution in [2.45, 2.75) is 25.4 Å². The lowest BCUT2D eigenvalue weighted by molar-refractivity contribution is -0.150. The molecule has 1 rings (SSSR count). The molecule has 0 aliphatic carbocycles. The molecule has 0 aliphatic heterocycles. The number of rotatable bonds is 6. The molecule has 4 heteroatoms. The molecule has 0 unspecified atom stereocenters. The standard InChI is InChI=1S/C13H18O4/c1-16-11-8-6-10(7-9-11)4-3-5-12(14)13(15)17-2/h6-9,12,14H,3-5H2,1-2H3/t12-/m0/s1. The van der Waals surface area contributed by atoms with Gasteiger partial charge in [-0.15, -0.1) is 0 Å². The zero-order valence-electron chi connectivity index (χ0n) is 10.2. The summed E-state index contributed by atoms with van der Waals surface area (Å²) in [7, 11) is 2.90. The summed E-state index contributed by atoms with van der Waals surface area (Å²) in [5.41, 5.74) is 1.16. The van der Waals surface area contributed by atoms with E-state index in [0.29, 0.717) is 6.42 Å². The molecule has 0 fully saturated rings. The monoisotopic (exact) mass is 238 g/mol. The minimum atomic E-state index is -1.02. The summed E-state index contributed by atoms with van der Waals surface area (Å²) >= 11 is 0. The first-order valence-electron chi connectivity index (χ1n) is 5.56. The second-order valence-corrected chi connectivity index (χ2v) is 3.78. The van der Waals surface area contributed by atoms with Crippen LogP contribution in [-0.2, 0) is 16.0 Å². The predicted octanol–water partition coefficient (Wildman–Crippen LogP) is 1.55. The summed E-state index contributed by atoms with van der Waals surface area (Å²) in [4.78, 5) is 10.9. The fraction of sp³-hybridized carbons (Fsp3) is 0.462. The highest BCUT2D eigenvalue weighted by Gasteiger charge is 2.14. The fourth-order valence-corrected chi connectivity index (χ4v) is 1.55. The van der Waals surface area contributed by atoms with E-state index < -0.39 is 12.1 Å². The van der Waals surface area contributed by atoms with E-state index in [-0.39, 0.29) is 0 Å². The molecule has 94 valence electrons. The van der Waals surface area contributed by atoms with Crippen molar-refractivity contribution in [3.05, 3.63) is 29.8 Å². The maximum absolute atomic E-state index is 10.9. The van der Waals surface area contributed by atoms with Crippen molar-refractivity contribution in [3.8, 4) is 5.75 Å². The Labute approximate surface area is 101 Å². The minimum absolute atomic E-state index is 0.415. The van der Waals surface area contributed by atoms with E-state index in [9.17, 15) is 9.90 Å². The third kappa shape index (κ3) is 4.44. The molecule has 1 N–H and O–H groups in total. The van der Waals surface area contributed by atoms with Crippen LogP contribution in [0.25, 0.3) is 0 Å². The lowest BCUT2D eigenvalue weighted by Gasteiger charge is -2.08. The van der Waals surface area contributed by atoms with Gasteiger partial charge in [-0.3, -0.25) is 0 Å². The summed E-state index contributed by atoms with van der Waals surface area (Å²) in [6.07, 6.45) is 0.956. The predicted molar refractivity (Wildman–Crippen MR) is 64.0 cm³/mol.